The summed E-state index contributed by atoms with van der Waals surface area (Å²) in [6.45, 7) is 0. The minimum absolute atomic E-state index is 0.0115. The molecule has 5 nitrogen and oxygen atoms in total. The number of aromatic carboxylic acids is 1. The van der Waals surface area contributed by atoms with Crippen LogP contribution >= 0.6 is 11.6 Å². The first-order chi connectivity index (χ1) is 9.43. The molecule has 0 spiro atoms. The number of hydrogen-bond donors (Lipinski definition) is 3. The molecular weight excluding hydrogens is 282 g/mol. The molecule has 0 bridgehead atoms. The summed E-state index contributed by atoms with van der Waals surface area (Å²) in [7, 11) is 1.34. The largest absolute Gasteiger partial charge is 0.504 e. The minimum Gasteiger partial charge on any atom is -0.504 e. The Morgan fingerprint density at radius 1 is 1.25 bits per heavy atom. The van der Waals surface area contributed by atoms with E-state index in [1.807, 2.05) is 0 Å². The van der Waals surface area contributed by atoms with Crippen molar-refractivity contribution in [2.45, 2.75) is 0 Å². The number of nitrogens with two attached hydrogens (primary N) is 1. The Hall–Kier alpha value is -2.40. The van der Waals surface area contributed by atoms with E-state index in [0.717, 1.165) is 0 Å². The number of rotatable bonds is 3. The molecule has 2 aromatic rings. The Kier molecular flexibility index (Phi) is 3.72. The topological polar surface area (TPSA) is 92.8 Å². The predicted octanol–water partition coefficient (Wildman–Crippen LogP) is 3.00. The summed E-state index contributed by atoms with van der Waals surface area (Å²) in [5.41, 5.74) is 6.81. The van der Waals surface area contributed by atoms with Gasteiger partial charge in [-0.25, -0.2) is 4.79 Å². The van der Waals surface area contributed by atoms with Crippen LogP contribution in [0, 0.1) is 0 Å². The number of carboxylic acid groups (broad SMARTS) is 1. The number of aromatic hydroxyl groups is 1. The van der Waals surface area contributed by atoms with Crippen LogP contribution in [0.1, 0.15) is 10.4 Å². The van der Waals surface area contributed by atoms with E-state index in [0.29, 0.717) is 16.3 Å². The van der Waals surface area contributed by atoms with Crippen LogP contribution in [0.5, 0.6) is 11.5 Å². The van der Waals surface area contributed by atoms with Crippen molar-refractivity contribution in [1.82, 2.24) is 0 Å². The molecule has 0 radical (unpaired) electrons. The van der Waals surface area contributed by atoms with Gasteiger partial charge in [-0.1, -0.05) is 17.7 Å². The van der Waals surface area contributed by atoms with Crippen molar-refractivity contribution >= 4 is 23.3 Å². The molecule has 2 rings (SSSR count). The van der Waals surface area contributed by atoms with Crippen LogP contribution in [-0.4, -0.2) is 23.3 Å². The van der Waals surface area contributed by atoms with Crippen molar-refractivity contribution in [2.75, 3.05) is 12.8 Å². The molecule has 6 heteroatoms. The molecule has 0 unspecified atom stereocenters. The van der Waals surface area contributed by atoms with Gasteiger partial charge in [0.25, 0.3) is 0 Å². The van der Waals surface area contributed by atoms with Crippen LogP contribution in [-0.2, 0) is 0 Å². The number of methoxy groups -OCH3 is 1. The van der Waals surface area contributed by atoms with Crippen molar-refractivity contribution in [3.05, 3.63) is 40.9 Å². The fraction of sp³-hybridized carbons (Fsp3) is 0.0714. The Morgan fingerprint density at radius 2 is 1.95 bits per heavy atom. The lowest BCUT2D eigenvalue weighted by molar-refractivity contribution is 0.0696. The normalized spacial score (nSPS) is 10.3. The summed E-state index contributed by atoms with van der Waals surface area (Å²) in [6, 6.07) is 7.32. The van der Waals surface area contributed by atoms with Crippen LogP contribution in [0.3, 0.4) is 0 Å². The van der Waals surface area contributed by atoms with Crippen molar-refractivity contribution in [1.29, 1.82) is 0 Å². The number of hydrogen-bond acceptors (Lipinski definition) is 4. The van der Waals surface area contributed by atoms with Crippen molar-refractivity contribution in [3.63, 3.8) is 0 Å². The fourth-order valence-electron chi connectivity index (χ4n) is 1.84. The zero-order valence-electron chi connectivity index (χ0n) is 10.6. The molecule has 4 N–H and O–H groups in total. The third-order valence-electron chi connectivity index (χ3n) is 2.83. The van der Waals surface area contributed by atoms with E-state index >= 15 is 0 Å². The van der Waals surface area contributed by atoms with Crippen LogP contribution in [0.4, 0.5) is 5.69 Å². The van der Waals surface area contributed by atoms with Gasteiger partial charge in [0.2, 0.25) is 0 Å². The van der Waals surface area contributed by atoms with E-state index in [1.54, 1.807) is 12.1 Å². The maximum absolute atomic E-state index is 11.1. The summed E-state index contributed by atoms with van der Waals surface area (Å²) in [5, 5.41) is 19.5. The number of nitrogen functional groups attached to an aromatic ring is 1. The average molecular weight is 294 g/mol. The second kappa shape index (κ2) is 5.30. The van der Waals surface area contributed by atoms with Gasteiger partial charge in [0, 0.05) is 16.8 Å². The highest BCUT2D eigenvalue weighted by Gasteiger charge is 2.17. The van der Waals surface area contributed by atoms with Gasteiger partial charge in [0.15, 0.2) is 11.5 Å². The number of phenolic OH excluding ortho intramolecular Hbond substituents is 1. The standard InChI is InChI=1S/C14H12ClNO4/c1-20-12-5-7(14(18)19)4-10(13(12)17)9-3-2-8(16)6-11(9)15/h2-6,17H,16H2,1H3,(H,18,19). The number of anilines is 1. The number of carbonyl (C=O) groups is 1. The maximum atomic E-state index is 11.1. The molecule has 104 valence electrons. The van der Waals surface area contributed by atoms with Crippen molar-refractivity contribution in [2.24, 2.45) is 0 Å². The van der Waals surface area contributed by atoms with E-state index in [4.69, 9.17) is 27.2 Å². The molecule has 0 aliphatic heterocycles. The molecule has 0 amide bonds. The molecule has 2 aromatic carbocycles. The lowest BCUT2D eigenvalue weighted by Crippen LogP contribution is -1.99. The molecule has 0 aliphatic carbocycles. The number of ether oxygens (including phenoxy) is 1. The first kappa shape index (κ1) is 14.0. The van der Waals surface area contributed by atoms with Gasteiger partial charge in [-0.15, -0.1) is 0 Å². The Balaban J connectivity index is 2.72. The Bertz CT molecular complexity index is 685. The van der Waals surface area contributed by atoms with Gasteiger partial charge in [-0.3, -0.25) is 0 Å². The van der Waals surface area contributed by atoms with Gasteiger partial charge >= 0.3 is 5.97 Å². The second-order valence-corrected chi connectivity index (χ2v) is 4.53. The summed E-state index contributed by atoms with van der Waals surface area (Å²) in [4.78, 5) is 11.1. The molecular formula is C14H12ClNO4. The molecule has 0 atom stereocenters. The predicted molar refractivity (Wildman–Crippen MR) is 76.5 cm³/mol. The zero-order valence-corrected chi connectivity index (χ0v) is 11.3. The molecule has 0 heterocycles. The van der Waals surface area contributed by atoms with E-state index in [-0.39, 0.29) is 22.6 Å². The third-order valence-corrected chi connectivity index (χ3v) is 3.14. The van der Waals surface area contributed by atoms with Gasteiger partial charge in [-0.05, 0) is 24.3 Å². The van der Waals surface area contributed by atoms with E-state index in [9.17, 15) is 9.90 Å². The number of halogens is 1. The summed E-state index contributed by atoms with van der Waals surface area (Å²) in [6.07, 6.45) is 0. The third kappa shape index (κ3) is 2.48. The van der Waals surface area contributed by atoms with Crippen LogP contribution in [0.25, 0.3) is 11.1 Å². The number of benzene rings is 2. The summed E-state index contributed by atoms with van der Waals surface area (Å²) in [5.74, 6) is -1.24. The van der Waals surface area contributed by atoms with Gasteiger partial charge < -0.3 is 20.7 Å². The molecule has 20 heavy (non-hydrogen) atoms. The number of phenols is 1. The Labute approximate surface area is 120 Å². The van der Waals surface area contributed by atoms with Gasteiger partial charge in [0.1, 0.15) is 0 Å². The average Bonchev–Trinajstić information content (AvgIpc) is 2.39. The lowest BCUT2D eigenvalue weighted by Gasteiger charge is -2.12. The first-order valence-electron chi connectivity index (χ1n) is 5.63. The van der Waals surface area contributed by atoms with E-state index < -0.39 is 5.97 Å². The maximum Gasteiger partial charge on any atom is 0.335 e. The smallest absolute Gasteiger partial charge is 0.335 e. The van der Waals surface area contributed by atoms with Crippen LogP contribution in [0.2, 0.25) is 5.02 Å². The molecule has 0 aliphatic rings. The highest BCUT2D eigenvalue weighted by atomic mass is 35.5. The van der Waals surface area contributed by atoms with Crippen molar-refractivity contribution < 1.29 is 19.7 Å². The SMILES string of the molecule is COc1cc(C(=O)O)cc(-c2ccc(N)cc2Cl)c1O. The van der Waals surface area contributed by atoms with Gasteiger partial charge in [-0.2, -0.15) is 0 Å². The summed E-state index contributed by atoms with van der Waals surface area (Å²) < 4.78 is 4.98. The highest BCUT2D eigenvalue weighted by molar-refractivity contribution is 6.33. The molecule has 0 saturated carbocycles. The minimum atomic E-state index is -1.13. The van der Waals surface area contributed by atoms with Gasteiger partial charge in [0.05, 0.1) is 17.7 Å². The lowest BCUT2D eigenvalue weighted by atomic mass is 10.0. The molecule has 0 aromatic heterocycles. The highest BCUT2D eigenvalue weighted by Crippen LogP contribution is 2.41. The second-order valence-electron chi connectivity index (χ2n) is 4.12. The number of carboxylic acids is 1. The summed E-state index contributed by atoms with van der Waals surface area (Å²) >= 11 is 6.08. The molecule has 0 fully saturated rings. The fourth-order valence-corrected chi connectivity index (χ4v) is 2.13. The molecule has 0 saturated heterocycles. The Morgan fingerprint density at radius 3 is 2.50 bits per heavy atom. The van der Waals surface area contributed by atoms with Crippen LogP contribution in [0.15, 0.2) is 30.3 Å². The monoisotopic (exact) mass is 293 g/mol. The first-order valence-corrected chi connectivity index (χ1v) is 6.01. The van der Waals surface area contributed by atoms with Crippen molar-refractivity contribution in [3.8, 4) is 22.6 Å². The van der Waals surface area contributed by atoms with Crippen LogP contribution < -0.4 is 10.5 Å². The zero-order chi connectivity index (χ0) is 14.9. The van der Waals surface area contributed by atoms with E-state index in [1.165, 1.54) is 25.3 Å². The van der Waals surface area contributed by atoms with E-state index in [2.05, 4.69) is 0 Å². The quantitative estimate of drug-likeness (QED) is 0.757.